The van der Waals surface area contributed by atoms with Crippen molar-refractivity contribution in [2.45, 2.75) is 43.9 Å². The molecule has 3 aromatic carbocycles. The summed E-state index contributed by atoms with van der Waals surface area (Å²) in [6, 6.07) is 29.9. The number of morpholine rings is 1. The van der Waals surface area contributed by atoms with Gasteiger partial charge >= 0.3 is 6.09 Å². The molecule has 0 spiro atoms. The molecule has 3 N–H and O–H groups in total. The number of nitrogens with zero attached hydrogens (tertiary/aromatic N) is 1. The minimum atomic E-state index is -0.939. The molecule has 2 amide bonds. The molecule has 45 heavy (non-hydrogen) atoms. The zero-order chi connectivity index (χ0) is 31.4. The van der Waals surface area contributed by atoms with E-state index < -0.39 is 18.1 Å². The molecule has 1 saturated heterocycles. The van der Waals surface area contributed by atoms with Crippen LogP contribution in [0.15, 0.2) is 103 Å². The third-order valence-corrected chi connectivity index (χ3v) is 7.91. The lowest BCUT2D eigenvalue weighted by molar-refractivity contribution is -0.118. The highest BCUT2D eigenvalue weighted by Gasteiger charge is 2.33. The van der Waals surface area contributed by atoms with Crippen molar-refractivity contribution in [1.82, 2.24) is 15.6 Å². The number of methoxy groups -OCH3 is 1. The first-order valence-electron chi connectivity index (χ1n) is 15.3. The van der Waals surface area contributed by atoms with Gasteiger partial charge in [-0.25, -0.2) is 4.79 Å². The Morgan fingerprint density at radius 3 is 2.27 bits per heavy atom. The number of ether oxygens (including phenoxy) is 3. The molecule has 0 saturated carbocycles. The standard InChI is InChI=1S/C36H40N4O5/c1-25-32(18-11-21-38-25)44-24-30-23-37-22-29(45-30)20-19-26-12-9-10-17-31(26)39-35(41)34(40-36(42)43-2)33(27-13-5-3-6-14-27)28-15-7-4-8-16-28/h3-18,21,29-30,33-34,37H,19-20,22-24H2,1-2H3,(H,39,41)(H,40,42)/t29-,30+,34?/m1/s1. The predicted molar refractivity (Wildman–Crippen MR) is 173 cm³/mol. The fourth-order valence-corrected chi connectivity index (χ4v) is 5.62. The second kappa shape index (κ2) is 15.8. The van der Waals surface area contributed by atoms with Gasteiger partial charge in [-0.1, -0.05) is 78.9 Å². The number of nitrogens with one attached hydrogen (secondary N) is 3. The van der Waals surface area contributed by atoms with Crippen molar-refractivity contribution in [1.29, 1.82) is 0 Å². The van der Waals surface area contributed by atoms with Crippen LogP contribution in [0.5, 0.6) is 5.75 Å². The number of carbonyl (C=O) groups is 2. The van der Waals surface area contributed by atoms with Crippen molar-refractivity contribution >= 4 is 17.7 Å². The van der Waals surface area contributed by atoms with Crippen LogP contribution in [0.4, 0.5) is 10.5 Å². The number of aromatic nitrogens is 1. The van der Waals surface area contributed by atoms with Crippen molar-refractivity contribution < 1.29 is 23.8 Å². The van der Waals surface area contributed by atoms with Crippen molar-refractivity contribution in [3.05, 3.63) is 126 Å². The molecule has 5 rings (SSSR count). The maximum Gasteiger partial charge on any atom is 0.407 e. The number of hydrogen-bond donors (Lipinski definition) is 3. The Bertz CT molecular complexity index is 1500. The molecule has 1 aromatic heterocycles. The number of amides is 2. The van der Waals surface area contributed by atoms with Crippen LogP contribution in [0.3, 0.4) is 0 Å². The second-order valence-corrected chi connectivity index (χ2v) is 11.0. The van der Waals surface area contributed by atoms with Crippen LogP contribution in [-0.2, 0) is 20.7 Å². The number of anilines is 1. The summed E-state index contributed by atoms with van der Waals surface area (Å²) in [6.07, 6.45) is 2.41. The number of carbonyl (C=O) groups excluding carboxylic acids is 2. The molecule has 1 aliphatic rings. The van der Waals surface area contributed by atoms with Crippen LogP contribution in [0.25, 0.3) is 0 Å². The smallest absolute Gasteiger partial charge is 0.407 e. The lowest BCUT2D eigenvalue weighted by Gasteiger charge is -2.31. The van der Waals surface area contributed by atoms with Gasteiger partial charge in [0, 0.05) is 30.9 Å². The van der Waals surface area contributed by atoms with E-state index in [4.69, 9.17) is 14.2 Å². The van der Waals surface area contributed by atoms with Crippen LogP contribution >= 0.6 is 0 Å². The topological polar surface area (TPSA) is 111 Å². The van der Waals surface area contributed by atoms with Gasteiger partial charge in [0.2, 0.25) is 5.91 Å². The van der Waals surface area contributed by atoms with Gasteiger partial charge in [-0.05, 0) is 54.7 Å². The first kappa shape index (κ1) is 31.7. The second-order valence-electron chi connectivity index (χ2n) is 11.0. The average Bonchev–Trinajstić information content (AvgIpc) is 3.08. The van der Waals surface area contributed by atoms with Gasteiger partial charge in [0.1, 0.15) is 24.5 Å². The van der Waals surface area contributed by atoms with Gasteiger partial charge in [-0.15, -0.1) is 0 Å². The Balaban J connectivity index is 1.28. The fraction of sp³-hybridized carbons (Fsp3) is 0.306. The molecule has 234 valence electrons. The predicted octanol–water partition coefficient (Wildman–Crippen LogP) is 5.25. The zero-order valence-corrected chi connectivity index (χ0v) is 25.6. The van der Waals surface area contributed by atoms with Gasteiger partial charge in [0.15, 0.2) is 0 Å². The molecule has 4 aromatic rings. The van der Waals surface area contributed by atoms with E-state index in [1.165, 1.54) is 7.11 Å². The van der Waals surface area contributed by atoms with Gasteiger partial charge in [-0.3, -0.25) is 9.78 Å². The molecule has 1 unspecified atom stereocenters. The Hall–Kier alpha value is -4.73. The summed E-state index contributed by atoms with van der Waals surface area (Å²) in [6.45, 7) is 3.80. The molecule has 9 nitrogen and oxygen atoms in total. The molecule has 0 aliphatic carbocycles. The van der Waals surface area contributed by atoms with Crippen LogP contribution < -0.4 is 20.7 Å². The van der Waals surface area contributed by atoms with Crippen molar-refractivity contribution in [2.75, 3.05) is 32.1 Å². The number of alkyl carbamates (subject to hydrolysis) is 1. The van der Waals surface area contributed by atoms with E-state index in [-0.39, 0.29) is 18.1 Å². The Labute approximate surface area is 264 Å². The molecule has 0 bridgehead atoms. The molecule has 1 aliphatic heterocycles. The lowest BCUT2D eigenvalue weighted by atomic mass is 9.84. The zero-order valence-electron chi connectivity index (χ0n) is 25.6. The van der Waals surface area contributed by atoms with Crippen molar-refractivity contribution in [2.24, 2.45) is 0 Å². The number of rotatable bonds is 12. The highest BCUT2D eigenvalue weighted by atomic mass is 16.5. The third-order valence-electron chi connectivity index (χ3n) is 7.91. The van der Waals surface area contributed by atoms with E-state index in [9.17, 15) is 9.59 Å². The average molecular weight is 609 g/mol. The number of para-hydroxylation sites is 1. The molecule has 9 heteroatoms. The van der Waals surface area contributed by atoms with E-state index in [1.807, 2.05) is 104 Å². The van der Waals surface area contributed by atoms with Gasteiger partial charge in [0.25, 0.3) is 0 Å². The van der Waals surface area contributed by atoms with Crippen LogP contribution in [0.1, 0.15) is 34.7 Å². The summed E-state index contributed by atoms with van der Waals surface area (Å²) < 4.78 is 17.3. The highest BCUT2D eigenvalue weighted by Crippen LogP contribution is 2.30. The van der Waals surface area contributed by atoms with Gasteiger partial charge in [0.05, 0.1) is 18.9 Å². The quantitative estimate of drug-likeness (QED) is 0.201. The van der Waals surface area contributed by atoms with Crippen LogP contribution in [0.2, 0.25) is 0 Å². The third kappa shape index (κ3) is 8.68. The van der Waals surface area contributed by atoms with Gasteiger partial charge in [-0.2, -0.15) is 0 Å². The number of aryl methyl sites for hydroxylation is 2. The van der Waals surface area contributed by atoms with E-state index in [0.717, 1.165) is 41.1 Å². The highest BCUT2D eigenvalue weighted by molar-refractivity contribution is 5.98. The maximum absolute atomic E-state index is 14.0. The minimum absolute atomic E-state index is 0.0135. The van der Waals surface area contributed by atoms with Crippen molar-refractivity contribution in [3.63, 3.8) is 0 Å². The van der Waals surface area contributed by atoms with Crippen molar-refractivity contribution in [3.8, 4) is 5.75 Å². The van der Waals surface area contributed by atoms with E-state index in [0.29, 0.717) is 25.3 Å². The molecule has 1 fully saturated rings. The molecule has 0 radical (unpaired) electrons. The summed E-state index contributed by atoms with van der Waals surface area (Å²) in [4.78, 5) is 30.8. The SMILES string of the molecule is COC(=O)NC(C(=O)Nc1ccccc1CC[C@@H]1CNC[C@@H](COc2cccnc2C)O1)C(c1ccccc1)c1ccccc1. The summed E-state index contributed by atoms with van der Waals surface area (Å²) in [5.41, 5.74) is 4.31. The summed E-state index contributed by atoms with van der Waals surface area (Å²) in [5.74, 6) is -0.0336. The van der Waals surface area contributed by atoms with Crippen LogP contribution in [0, 0.1) is 6.92 Å². The van der Waals surface area contributed by atoms with E-state index >= 15 is 0 Å². The number of benzene rings is 3. The van der Waals surface area contributed by atoms with E-state index in [1.54, 1.807) is 6.20 Å². The maximum atomic E-state index is 14.0. The number of pyridine rings is 1. The summed E-state index contributed by atoms with van der Waals surface area (Å²) in [7, 11) is 1.29. The van der Waals surface area contributed by atoms with Crippen LogP contribution in [-0.4, -0.2) is 62.0 Å². The Kier molecular flexibility index (Phi) is 11.1. The minimum Gasteiger partial charge on any atom is -0.489 e. The monoisotopic (exact) mass is 608 g/mol. The molecule has 3 atom stereocenters. The number of hydrogen-bond acceptors (Lipinski definition) is 7. The van der Waals surface area contributed by atoms with Gasteiger partial charge < -0.3 is 30.2 Å². The van der Waals surface area contributed by atoms with E-state index in [2.05, 4.69) is 20.9 Å². The fourth-order valence-electron chi connectivity index (χ4n) is 5.62. The first-order valence-corrected chi connectivity index (χ1v) is 15.3. The normalized spacial score (nSPS) is 16.9. The molecular formula is C36H40N4O5. The molecule has 2 heterocycles. The first-order chi connectivity index (χ1) is 22.0. The largest absolute Gasteiger partial charge is 0.489 e. The summed E-state index contributed by atoms with van der Waals surface area (Å²) in [5, 5.41) is 9.37. The summed E-state index contributed by atoms with van der Waals surface area (Å²) >= 11 is 0. The lowest BCUT2D eigenvalue weighted by Crippen LogP contribution is -2.48. The molecular weight excluding hydrogens is 568 g/mol. The Morgan fingerprint density at radius 2 is 1.58 bits per heavy atom. The Morgan fingerprint density at radius 1 is 0.911 bits per heavy atom.